The van der Waals surface area contributed by atoms with Gasteiger partial charge in [0, 0.05) is 0 Å². The summed E-state index contributed by atoms with van der Waals surface area (Å²) in [6, 6.07) is 1.78. The van der Waals surface area contributed by atoms with Crippen molar-refractivity contribution in [1.82, 2.24) is 0 Å². The summed E-state index contributed by atoms with van der Waals surface area (Å²) in [6.07, 6.45) is 0. The molecule has 0 saturated carbocycles. The average molecular weight is 178 g/mol. The van der Waals surface area contributed by atoms with Gasteiger partial charge in [0.2, 0.25) is 0 Å². The van der Waals surface area contributed by atoms with E-state index in [-0.39, 0.29) is 5.41 Å². The van der Waals surface area contributed by atoms with Gasteiger partial charge in [-0.25, -0.2) is 0 Å². The third-order valence-corrected chi connectivity index (χ3v) is 2.46. The summed E-state index contributed by atoms with van der Waals surface area (Å²) >= 11 is 0. The second kappa shape index (κ2) is 3.53. The van der Waals surface area contributed by atoms with Crippen molar-refractivity contribution in [3.8, 4) is 0 Å². The van der Waals surface area contributed by atoms with E-state index in [1.807, 2.05) is 6.92 Å². The van der Waals surface area contributed by atoms with Crippen LogP contribution in [0.3, 0.4) is 0 Å². The third kappa shape index (κ3) is 1.92. The number of rotatable bonds is 0. The Kier molecular flexibility index (Phi) is 2.89. The molecule has 0 unspecified atom stereocenters. The van der Waals surface area contributed by atoms with E-state index >= 15 is 0 Å². The minimum absolute atomic E-state index is 0.0490. The van der Waals surface area contributed by atoms with E-state index < -0.39 is 0 Å². The van der Waals surface area contributed by atoms with Crippen LogP contribution in [0.2, 0.25) is 0 Å². The molecular formula is C11H13B3. The van der Waals surface area contributed by atoms with Crippen LogP contribution >= 0.6 is 0 Å². The quantitative estimate of drug-likeness (QED) is 0.477. The zero-order chi connectivity index (χ0) is 11.1. The summed E-state index contributed by atoms with van der Waals surface area (Å²) in [6.45, 7) is 8.18. The summed E-state index contributed by atoms with van der Waals surface area (Å²) in [5, 5.41) is 0. The van der Waals surface area contributed by atoms with Gasteiger partial charge in [0.15, 0.2) is 0 Å². The molecule has 1 rings (SSSR count). The molecule has 0 saturated heterocycles. The van der Waals surface area contributed by atoms with Crippen molar-refractivity contribution in [2.24, 2.45) is 0 Å². The molecule has 0 aliphatic rings. The minimum atomic E-state index is -0.0490. The van der Waals surface area contributed by atoms with Crippen LogP contribution in [-0.4, -0.2) is 23.5 Å². The molecule has 1 aromatic carbocycles. The van der Waals surface area contributed by atoms with Crippen LogP contribution in [0.15, 0.2) is 6.07 Å². The van der Waals surface area contributed by atoms with Crippen molar-refractivity contribution in [2.75, 3.05) is 0 Å². The largest absolute Gasteiger partial charge is 0.114 e. The third-order valence-electron chi connectivity index (χ3n) is 2.46. The predicted molar refractivity (Wildman–Crippen MR) is 66.0 cm³/mol. The molecule has 1 aromatic rings. The molecule has 0 amide bonds. The van der Waals surface area contributed by atoms with Crippen LogP contribution in [0, 0.1) is 6.92 Å². The van der Waals surface area contributed by atoms with Crippen molar-refractivity contribution >= 4 is 39.9 Å². The van der Waals surface area contributed by atoms with Gasteiger partial charge < -0.3 is 0 Å². The lowest BCUT2D eigenvalue weighted by molar-refractivity contribution is 0.598. The molecule has 6 radical (unpaired) electrons. The van der Waals surface area contributed by atoms with Crippen LogP contribution in [0.25, 0.3) is 0 Å². The summed E-state index contributed by atoms with van der Waals surface area (Å²) in [7, 11) is 17.7. The lowest BCUT2D eigenvalue weighted by atomic mass is 9.66. The molecule has 0 heterocycles. The Bertz CT molecular complexity index is 362. The Morgan fingerprint density at radius 2 is 1.50 bits per heavy atom. The molecule has 0 N–H and O–H groups in total. The fourth-order valence-corrected chi connectivity index (χ4v) is 1.68. The fraction of sp³-hybridized carbons (Fsp3) is 0.455. The van der Waals surface area contributed by atoms with Gasteiger partial charge in [0.25, 0.3) is 0 Å². The summed E-state index contributed by atoms with van der Waals surface area (Å²) < 4.78 is 0. The highest BCUT2D eigenvalue weighted by atomic mass is 14.2. The van der Waals surface area contributed by atoms with Crippen molar-refractivity contribution < 1.29 is 0 Å². The van der Waals surface area contributed by atoms with Crippen LogP contribution in [-0.2, 0) is 5.41 Å². The molecule has 0 bridgehead atoms. The maximum Gasteiger partial charge on any atom is 0.114 e. The lowest BCUT2D eigenvalue weighted by Crippen LogP contribution is -2.38. The molecule has 0 nitrogen and oxygen atoms in total. The van der Waals surface area contributed by atoms with Gasteiger partial charge in [0.05, 0.1) is 0 Å². The SMILES string of the molecule is [B]c1cc([B])c(C(C)(C)C)c([B])c1C. The monoisotopic (exact) mass is 178 g/mol. The summed E-state index contributed by atoms with van der Waals surface area (Å²) in [5.41, 5.74) is 3.92. The fourth-order valence-electron chi connectivity index (χ4n) is 1.68. The Hall–Kier alpha value is -0.585. The standard InChI is InChI=1S/C11H13B3/c1-6-7(12)5-8(13)9(10(6)14)11(2,3)4/h5H,1-4H3. The highest BCUT2D eigenvalue weighted by Gasteiger charge is 2.19. The molecular weight excluding hydrogens is 165 g/mol. The zero-order valence-corrected chi connectivity index (χ0v) is 9.31. The lowest BCUT2D eigenvalue weighted by Gasteiger charge is -2.27. The smallest absolute Gasteiger partial charge is 0.0950 e. The van der Waals surface area contributed by atoms with Crippen molar-refractivity contribution in [2.45, 2.75) is 33.1 Å². The molecule has 66 valence electrons. The van der Waals surface area contributed by atoms with Crippen molar-refractivity contribution in [3.63, 3.8) is 0 Å². The first-order chi connectivity index (χ1) is 6.25. The van der Waals surface area contributed by atoms with E-state index in [9.17, 15) is 0 Å². The van der Waals surface area contributed by atoms with E-state index in [2.05, 4.69) is 20.8 Å². The predicted octanol–water partition coefficient (Wildman–Crippen LogP) is -0.326. The van der Waals surface area contributed by atoms with Crippen LogP contribution in [0.5, 0.6) is 0 Å². The molecule has 0 aliphatic carbocycles. The minimum Gasteiger partial charge on any atom is -0.0950 e. The van der Waals surface area contributed by atoms with Gasteiger partial charge in [-0.15, -0.1) is 0 Å². The molecule has 3 heteroatoms. The first-order valence-electron chi connectivity index (χ1n) is 4.69. The molecule has 14 heavy (non-hydrogen) atoms. The molecule has 0 fully saturated rings. The van der Waals surface area contributed by atoms with Crippen LogP contribution in [0.4, 0.5) is 0 Å². The summed E-state index contributed by atoms with van der Waals surface area (Å²) in [5.74, 6) is 0. The van der Waals surface area contributed by atoms with Gasteiger partial charge >= 0.3 is 0 Å². The highest BCUT2D eigenvalue weighted by molar-refractivity contribution is 6.45. The number of hydrogen-bond acceptors (Lipinski definition) is 0. The van der Waals surface area contributed by atoms with E-state index in [1.165, 1.54) is 0 Å². The van der Waals surface area contributed by atoms with E-state index in [1.54, 1.807) is 6.07 Å². The molecule has 0 aliphatic heterocycles. The second-order valence-electron chi connectivity index (χ2n) is 4.72. The average Bonchev–Trinajstić information content (AvgIpc) is 1.97. The highest BCUT2D eigenvalue weighted by Crippen LogP contribution is 2.18. The topological polar surface area (TPSA) is 0 Å². The van der Waals surface area contributed by atoms with Crippen molar-refractivity contribution in [3.05, 3.63) is 17.2 Å². The Morgan fingerprint density at radius 3 is 1.93 bits per heavy atom. The van der Waals surface area contributed by atoms with Gasteiger partial charge in [0.1, 0.15) is 23.5 Å². The number of benzene rings is 1. The molecule has 0 aromatic heterocycles. The van der Waals surface area contributed by atoms with Crippen molar-refractivity contribution in [1.29, 1.82) is 0 Å². The van der Waals surface area contributed by atoms with E-state index in [0.29, 0.717) is 10.9 Å². The van der Waals surface area contributed by atoms with Gasteiger partial charge in [-0.1, -0.05) is 54.4 Å². The first kappa shape index (κ1) is 11.5. The Morgan fingerprint density at radius 1 is 1.00 bits per heavy atom. The maximum absolute atomic E-state index is 6.01. The van der Waals surface area contributed by atoms with Gasteiger partial charge in [-0.3, -0.25) is 0 Å². The van der Waals surface area contributed by atoms with Crippen LogP contribution < -0.4 is 16.4 Å². The van der Waals surface area contributed by atoms with E-state index in [0.717, 1.165) is 16.6 Å². The normalized spacial score (nSPS) is 11.7. The number of hydrogen-bond donors (Lipinski definition) is 0. The van der Waals surface area contributed by atoms with Crippen LogP contribution in [0.1, 0.15) is 31.9 Å². The van der Waals surface area contributed by atoms with Gasteiger partial charge in [-0.05, 0) is 12.3 Å². The van der Waals surface area contributed by atoms with Gasteiger partial charge in [-0.2, -0.15) is 0 Å². The van der Waals surface area contributed by atoms with E-state index in [4.69, 9.17) is 23.5 Å². The summed E-state index contributed by atoms with van der Waals surface area (Å²) in [4.78, 5) is 0. The molecule has 0 spiro atoms. The first-order valence-corrected chi connectivity index (χ1v) is 4.69. The Balaban J connectivity index is 3.53. The second-order valence-corrected chi connectivity index (χ2v) is 4.72. The molecule has 0 atom stereocenters. The zero-order valence-electron chi connectivity index (χ0n) is 9.31. The Labute approximate surface area is 90.7 Å². The maximum atomic E-state index is 6.01.